The lowest BCUT2D eigenvalue weighted by Crippen LogP contribution is -2.39. The summed E-state index contributed by atoms with van der Waals surface area (Å²) in [5.41, 5.74) is 1.26. The van der Waals surface area contributed by atoms with Crippen LogP contribution in [-0.2, 0) is 0 Å². The Morgan fingerprint density at radius 2 is 2.21 bits per heavy atom. The third kappa shape index (κ3) is 3.59. The van der Waals surface area contributed by atoms with Crippen molar-refractivity contribution in [3.63, 3.8) is 0 Å². The Labute approximate surface area is 120 Å². The summed E-state index contributed by atoms with van der Waals surface area (Å²) < 4.78 is 5.74. The van der Waals surface area contributed by atoms with Gasteiger partial charge in [-0.05, 0) is 42.7 Å². The highest BCUT2D eigenvalue weighted by Gasteiger charge is 2.37. The maximum absolute atomic E-state index is 8.93. The quantitative estimate of drug-likeness (QED) is 0.868. The number of aliphatic hydroxyl groups is 1. The van der Waals surface area contributed by atoms with Crippen molar-refractivity contribution in [1.82, 2.24) is 9.88 Å². The zero-order chi connectivity index (χ0) is 12.4. The largest absolute Gasteiger partial charge is 0.477 e. The zero-order valence-electron chi connectivity index (χ0n) is 11.0. The zero-order valence-corrected chi connectivity index (χ0v) is 11.8. The number of rotatable bonds is 6. The molecule has 0 unspecified atom stereocenters. The number of ether oxygens (including phenoxy) is 1. The molecule has 2 fully saturated rings. The fraction of sp³-hybridized carbons (Fsp3) is 0.643. The number of aromatic nitrogens is 1. The molecule has 19 heavy (non-hydrogen) atoms. The van der Waals surface area contributed by atoms with E-state index in [1.54, 1.807) is 6.20 Å². The fourth-order valence-corrected chi connectivity index (χ4v) is 2.53. The van der Waals surface area contributed by atoms with Gasteiger partial charge in [-0.3, -0.25) is 9.88 Å². The van der Waals surface area contributed by atoms with Crippen LogP contribution in [0.3, 0.4) is 0 Å². The topological polar surface area (TPSA) is 45.6 Å². The van der Waals surface area contributed by atoms with Crippen molar-refractivity contribution in [3.05, 3.63) is 24.0 Å². The normalized spacial score (nSPS) is 25.3. The van der Waals surface area contributed by atoms with Gasteiger partial charge in [0.25, 0.3) is 0 Å². The second kappa shape index (κ2) is 6.55. The van der Waals surface area contributed by atoms with E-state index in [1.807, 2.05) is 6.20 Å². The minimum absolute atomic E-state index is 0. The molecule has 5 heteroatoms. The molecule has 0 bridgehead atoms. The summed E-state index contributed by atoms with van der Waals surface area (Å²) in [6.07, 6.45) is 7.08. The lowest BCUT2D eigenvalue weighted by atomic mass is 10.1. The van der Waals surface area contributed by atoms with Crippen LogP contribution in [0.25, 0.3) is 0 Å². The van der Waals surface area contributed by atoms with E-state index in [-0.39, 0.29) is 12.4 Å². The van der Waals surface area contributed by atoms with Crippen LogP contribution in [-0.4, -0.2) is 41.4 Å². The minimum atomic E-state index is 0. The van der Waals surface area contributed by atoms with Gasteiger partial charge in [-0.25, -0.2) is 0 Å². The molecule has 4 nitrogen and oxygen atoms in total. The fourth-order valence-electron chi connectivity index (χ4n) is 2.53. The molecule has 1 saturated heterocycles. The first kappa shape index (κ1) is 14.6. The van der Waals surface area contributed by atoms with Crippen LogP contribution in [0, 0.1) is 5.92 Å². The molecule has 2 heterocycles. The Bertz CT molecular complexity index is 412. The molecule has 2 aliphatic rings. The predicted octanol–water partition coefficient (Wildman–Crippen LogP) is 2.03. The minimum Gasteiger partial charge on any atom is -0.477 e. The average Bonchev–Trinajstić information content (AvgIpc) is 3.07. The summed E-state index contributed by atoms with van der Waals surface area (Å²) in [6.45, 7) is 3.26. The monoisotopic (exact) mass is 284 g/mol. The number of hydrogen-bond acceptors (Lipinski definition) is 4. The van der Waals surface area contributed by atoms with Crippen molar-refractivity contribution in [2.24, 2.45) is 5.92 Å². The molecule has 1 aliphatic heterocycles. The van der Waals surface area contributed by atoms with Gasteiger partial charge in [-0.2, -0.15) is 0 Å². The molecule has 2 atom stereocenters. The Morgan fingerprint density at radius 1 is 1.37 bits per heavy atom. The maximum Gasteiger partial charge on any atom is 0.142 e. The summed E-state index contributed by atoms with van der Waals surface area (Å²) in [6, 6.07) is 2.11. The molecule has 1 N–H and O–H groups in total. The Hall–Kier alpha value is -0.840. The number of aliphatic hydroxyl groups excluding tert-OH is 1. The molecule has 0 radical (unpaired) electrons. The van der Waals surface area contributed by atoms with E-state index in [0.29, 0.717) is 25.2 Å². The van der Waals surface area contributed by atoms with Gasteiger partial charge in [-0.15, -0.1) is 12.4 Å². The van der Waals surface area contributed by atoms with Gasteiger partial charge in [-0.1, -0.05) is 0 Å². The lowest BCUT2D eigenvalue weighted by molar-refractivity contribution is 0.0728. The molecule has 3 rings (SSSR count). The smallest absolute Gasteiger partial charge is 0.142 e. The van der Waals surface area contributed by atoms with Crippen molar-refractivity contribution < 1.29 is 9.84 Å². The second-order valence-corrected chi connectivity index (χ2v) is 5.31. The van der Waals surface area contributed by atoms with Crippen LogP contribution in [0.15, 0.2) is 18.5 Å². The van der Waals surface area contributed by atoms with Crippen molar-refractivity contribution >= 4 is 12.4 Å². The molecule has 1 aliphatic carbocycles. The highest BCUT2D eigenvalue weighted by atomic mass is 35.5. The van der Waals surface area contributed by atoms with Crippen LogP contribution in [0.1, 0.15) is 30.7 Å². The molecular formula is C14H21ClN2O2. The van der Waals surface area contributed by atoms with E-state index < -0.39 is 0 Å². The summed E-state index contributed by atoms with van der Waals surface area (Å²) in [7, 11) is 0. The first-order valence-electron chi connectivity index (χ1n) is 6.78. The highest BCUT2D eigenvalue weighted by molar-refractivity contribution is 5.85. The summed E-state index contributed by atoms with van der Waals surface area (Å²) in [4.78, 5) is 6.53. The molecule has 1 aromatic rings. The standard InChI is InChI=1S/C14H20N2O2.ClH/c17-5-2-11-7-14(11)12-6-13(9-15-8-12)18-10-16-3-1-4-16;/h6,8-9,11,14,17H,1-5,7,10H2;1H/t11-,14-;/m0./s1. The second-order valence-electron chi connectivity index (χ2n) is 5.31. The average molecular weight is 285 g/mol. The third-order valence-corrected chi connectivity index (χ3v) is 3.95. The van der Waals surface area contributed by atoms with E-state index in [4.69, 9.17) is 9.84 Å². The van der Waals surface area contributed by atoms with Gasteiger partial charge in [0.15, 0.2) is 0 Å². The molecule has 0 spiro atoms. The van der Waals surface area contributed by atoms with Gasteiger partial charge in [0.2, 0.25) is 0 Å². The van der Waals surface area contributed by atoms with E-state index >= 15 is 0 Å². The number of nitrogens with zero attached hydrogens (tertiary/aromatic N) is 2. The van der Waals surface area contributed by atoms with Crippen molar-refractivity contribution in [2.75, 3.05) is 26.4 Å². The molecule has 106 valence electrons. The van der Waals surface area contributed by atoms with Crippen LogP contribution >= 0.6 is 12.4 Å². The first-order valence-corrected chi connectivity index (χ1v) is 6.78. The van der Waals surface area contributed by atoms with Crippen molar-refractivity contribution in [3.8, 4) is 5.75 Å². The van der Waals surface area contributed by atoms with E-state index in [9.17, 15) is 0 Å². The molecule has 0 aromatic carbocycles. The Morgan fingerprint density at radius 3 is 2.89 bits per heavy atom. The maximum atomic E-state index is 8.93. The molecule has 1 aromatic heterocycles. The van der Waals surface area contributed by atoms with Crippen molar-refractivity contribution in [1.29, 1.82) is 0 Å². The van der Waals surface area contributed by atoms with E-state index in [2.05, 4.69) is 16.0 Å². The Balaban J connectivity index is 0.00000133. The van der Waals surface area contributed by atoms with E-state index in [0.717, 1.165) is 25.3 Å². The van der Waals surface area contributed by atoms with Crippen LogP contribution < -0.4 is 4.74 Å². The van der Waals surface area contributed by atoms with Crippen molar-refractivity contribution in [2.45, 2.75) is 25.2 Å². The van der Waals surface area contributed by atoms with Gasteiger partial charge in [0.1, 0.15) is 12.5 Å². The number of hydrogen-bond donors (Lipinski definition) is 1. The molecule has 0 amide bonds. The summed E-state index contributed by atoms with van der Waals surface area (Å²) >= 11 is 0. The molecule has 1 saturated carbocycles. The number of pyridine rings is 1. The predicted molar refractivity (Wildman–Crippen MR) is 75.7 cm³/mol. The summed E-state index contributed by atoms with van der Waals surface area (Å²) in [5.74, 6) is 2.09. The van der Waals surface area contributed by atoms with Crippen LogP contribution in [0.4, 0.5) is 0 Å². The lowest BCUT2D eigenvalue weighted by Gasteiger charge is -2.30. The van der Waals surface area contributed by atoms with Gasteiger partial charge >= 0.3 is 0 Å². The third-order valence-electron chi connectivity index (χ3n) is 3.95. The van der Waals surface area contributed by atoms with Crippen LogP contribution in [0.5, 0.6) is 5.75 Å². The Kier molecular flexibility index (Phi) is 5.02. The summed E-state index contributed by atoms with van der Waals surface area (Å²) in [5, 5.41) is 8.93. The number of halogens is 1. The van der Waals surface area contributed by atoms with Crippen LogP contribution in [0.2, 0.25) is 0 Å². The SMILES string of the molecule is Cl.OCC[C@H]1C[C@@H]1c1cncc(OCN2CCC2)c1. The van der Waals surface area contributed by atoms with Gasteiger partial charge in [0, 0.05) is 25.9 Å². The number of likely N-dealkylation sites (tertiary alicyclic amines) is 1. The highest BCUT2D eigenvalue weighted by Crippen LogP contribution is 2.49. The molecular weight excluding hydrogens is 264 g/mol. The first-order chi connectivity index (χ1) is 8.86. The van der Waals surface area contributed by atoms with Gasteiger partial charge < -0.3 is 9.84 Å². The van der Waals surface area contributed by atoms with E-state index in [1.165, 1.54) is 18.4 Å². The van der Waals surface area contributed by atoms with Gasteiger partial charge in [0.05, 0.1) is 6.20 Å².